The van der Waals surface area contributed by atoms with Gasteiger partial charge in [-0.05, 0) is 89.9 Å². The van der Waals surface area contributed by atoms with E-state index in [1.807, 2.05) is 0 Å². The summed E-state index contributed by atoms with van der Waals surface area (Å²) >= 11 is 0. The Kier molecular flexibility index (Phi) is 52.4. The second-order valence-corrected chi connectivity index (χ2v) is 18.1. The number of carbonyl (C=O) groups excluding carboxylic acids is 3. The van der Waals surface area contributed by atoms with E-state index in [1.54, 1.807) is 0 Å². The third kappa shape index (κ3) is 53.0. The van der Waals surface area contributed by atoms with Crippen molar-refractivity contribution in [2.24, 2.45) is 0 Å². The van der Waals surface area contributed by atoms with Gasteiger partial charge in [-0.2, -0.15) is 0 Å². The van der Waals surface area contributed by atoms with Crippen molar-refractivity contribution in [3.05, 3.63) is 109 Å². The van der Waals surface area contributed by atoms with Gasteiger partial charge < -0.3 is 14.2 Å². The molecule has 1 atom stereocenters. The third-order valence-electron chi connectivity index (χ3n) is 11.5. The molecule has 6 nitrogen and oxygen atoms in total. The largest absolute Gasteiger partial charge is 0.462 e. The first-order valence-electron chi connectivity index (χ1n) is 27.9. The fourth-order valence-corrected chi connectivity index (χ4v) is 7.37. The molecule has 0 rings (SSSR count). The molecule has 0 amide bonds. The minimum absolute atomic E-state index is 0.0837. The van der Waals surface area contributed by atoms with Crippen LogP contribution in [0.1, 0.15) is 245 Å². The highest BCUT2D eigenvalue weighted by Gasteiger charge is 2.19. The van der Waals surface area contributed by atoms with Gasteiger partial charge in [0, 0.05) is 19.3 Å². The van der Waals surface area contributed by atoms with Crippen molar-refractivity contribution >= 4 is 17.9 Å². The lowest BCUT2D eigenvalue weighted by molar-refractivity contribution is -0.167. The maximum Gasteiger partial charge on any atom is 0.306 e. The smallest absolute Gasteiger partial charge is 0.306 e. The Balaban J connectivity index is 4.10. The number of unbranched alkanes of at least 4 members (excludes halogenated alkanes) is 20. The minimum Gasteiger partial charge on any atom is -0.462 e. The summed E-state index contributed by atoms with van der Waals surface area (Å²) in [6.07, 6.45) is 75.6. The van der Waals surface area contributed by atoms with Gasteiger partial charge in [-0.1, -0.05) is 246 Å². The zero-order chi connectivity index (χ0) is 49.3. The second kappa shape index (κ2) is 55.7. The zero-order valence-electron chi connectivity index (χ0n) is 44.1. The molecular weight excluding hydrogens is 841 g/mol. The summed E-state index contributed by atoms with van der Waals surface area (Å²) in [4.78, 5) is 37.6. The molecule has 0 bridgehead atoms. The summed E-state index contributed by atoms with van der Waals surface area (Å²) in [5, 5.41) is 0. The van der Waals surface area contributed by atoms with Gasteiger partial charge in [0.05, 0.1) is 0 Å². The topological polar surface area (TPSA) is 78.9 Å². The van der Waals surface area contributed by atoms with Gasteiger partial charge >= 0.3 is 17.9 Å². The van der Waals surface area contributed by atoms with Crippen LogP contribution in [0.3, 0.4) is 0 Å². The van der Waals surface area contributed by atoms with Crippen LogP contribution < -0.4 is 0 Å². The van der Waals surface area contributed by atoms with Crippen LogP contribution in [0.2, 0.25) is 0 Å². The maximum absolute atomic E-state index is 12.7. The van der Waals surface area contributed by atoms with Gasteiger partial charge in [-0.15, -0.1) is 0 Å². The number of hydrogen-bond acceptors (Lipinski definition) is 6. The molecule has 0 saturated heterocycles. The van der Waals surface area contributed by atoms with Gasteiger partial charge in [-0.25, -0.2) is 0 Å². The highest BCUT2D eigenvalue weighted by Crippen LogP contribution is 2.14. The number of esters is 3. The van der Waals surface area contributed by atoms with Crippen LogP contribution in [0, 0.1) is 0 Å². The van der Waals surface area contributed by atoms with Crippen molar-refractivity contribution in [3.8, 4) is 0 Å². The number of ether oxygens (including phenoxy) is 3. The number of hydrogen-bond donors (Lipinski definition) is 0. The molecule has 1 unspecified atom stereocenters. The van der Waals surface area contributed by atoms with Crippen molar-refractivity contribution in [2.45, 2.75) is 252 Å². The van der Waals surface area contributed by atoms with Crippen LogP contribution in [-0.2, 0) is 28.6 Å². The van der Waals surface area contributed by atoms with Gasteiger partial charge in [0.25, 0.3) is 0 Å². The first-order chi connectivity index (χ1) is 33.5. The molecule has 0 aromatic rings. The maximum atomic E-state index is 12.7. The molecule has 386 valence electrons. The molecule has 0 aliphatic carbocycles. The van der Waals surface area contributed by atoms with Crippen LogP contribution in [0.15, 0.2) is 109 Å². The molecule has 0 aromatic heterocycles. The van der Waals surface area contributed by atoms with Gasteiger partial charge in [0.15, 0.2) is 6.10 Å². The molecule has 0 radical (unpaired) electrons. The number of carbonyl (C=O) groups is 3. The highest BCUT2D eigenvalue weighted by atomic mass is 16.6. The summed E-state index contributed by atoms with van der Waals surface area (Å²) < 4.78 is 16.6. The van der Waals surface area contributed by atoms with Crippen molar-refractivity contribution in [1.29, 1.82) is 0 Å². The van der Waals surface area contributed by atoms with E-state index in [-0.39, 0.29) is 31.1 Å². The summed E-state index contributed by atoms with van der Waals surface area (Å²) in [6.45, 7) is 6.41. The predicted molar refractivity (Wildman–Crippen MR) is 293 cm³/mol. The van der Waals surface area contributed by atoms with Gasteiger partial charge in [0.1, 0.15) is 13.2 Å². The Morgan fingerprint density at radius 2 is 0.574 bits per heavy atom. The standard InChI is InChI=1S/C62H102O6/c1-4-7-10-13-15-17-19-21-22-23-24-25-26-27-28-29-30-31-32-33-34-35-36-37-38-39-40-41-43-44-46-49-52-55-61(64)67-58-59(57-66-60(63)54-51-48-12-9-6-3)68-62(65)56-53-50-47-45-42-20-18-16-14-11-8-5-2/h7,10,15,17,21-22,24-25,27-28,30-31,33-34,36-37,39-40,59H,4-6,8-9,11-14,16,18-20,23,26,29,32,35,38,41-58H2,1-3H3/b10-7-,17-15-,22-21-,25-24-,28-27-,31-30-,34-33-,37-36-,40-39-. The van der Waals surface area contributed by atoms with Crippen molar-refractivity contribution < 1.29 is 28.6 Å². The predicted octanol–water partition coefficient (Wildman–Crippen LogP) is 18.7. The molecule has 0 fully saturated rings. The second-order valence-electron chi connectivity index (χ2n) is 18.1. The normalized spacial score (nSPS) is 12.9. The Morgan fingerprint density at radius 1 is 0.309 bits per heavy atom. The van der Waals surface area contributed by atoms with E-state index in [2.05, 4.69) is 130 Å². The molecule has 0 saturated carbocycles. The molecule has 0 aromatic carbocycles. The van der Waals surface area contributed by atoms with E-state index in [9.17, 15) is 14.4 Å². The fourth-order valence-electron chi connectivity index (χ4n) is 7.37. The minimum atomic E-state index is -0.780. The average Bonchev–Trinajstić information content (AvgIpc) is 3.34. The van der Waals surface area contributed by atoms with Crippen LogP contribution in [0.5, 0.6) is 0 Å². The average molecular weight is 943 g/mol. The van der Waals surface area contributed by atoms with E-state index >= 15 is 0 Å². The highest BCUT2D eigenvalue weighted by molar-refractivity contribution is 5.71. The molecular formula is C62H102O6. The summed E-state index contributed by atoms with van der Waals surface area (Å²) in [5.74, 6) is -0.920. The third-order valence-corrected chi connectivity index (χ3v) is 11.5. The lowest BCUT2D eigenvalue weighted by atomic mass is 10.0. The van der Waals surface area contributed by atoms with Gasteiger partial charge in [0.2, 0.25) is 0 Å². The fraction of sp³-hybridized carbons (Fsp3) is 0.661. The molecule has 0 aliphatic heterocycles. The monoisotopic (exact) mass is 943 g/mol. The Labute approximate surface area is 419 Å². The van der Waals surface area contributed by atoms with E-state index in [0.717, 1.165) is 141 Å². The van der Waals surface area contributed by atoms with Gasteiger partial charge in [-0.3, -0.25) is 14.4 Å². The molecule has 0 spiro atoms. The molecule has 0 heterocycles. The Bertz CT molecular complexity index is 1410. The van der Waals surface area contributed by atoms with Crippen LogP contribution in [0.4, 0.5) is 0 Å². The van der Waals surface area contributed by atoms with E-state index < -0.39 is 6.10 Å². The Morgan fingerprint density at radius 3 is 0.897 bits per heavy atom. The lowest BCUT2D eigenvalue weighted by Gasteiger charge is -2.18. The lowest BCUT2D eigenvalue weighted by Crippen LogP contribution is -2.30. The van der Waals surface area contributed by atoms with Crippen LogP contribution >= 0.6 is 0 Å². The molecule has 6 heteroatoms. The van der Waals surface area contributed by atoms with E-state index in [1.165, 1.54) is 64.2 Å². The van der Waals surface area contributed by atoms with E-state index in [0.29, 0.717) is 19.3 Å². The zero-order valence-corrected chi connectivity index (χ0v) is 44.1. The number of rotatable bonds is 49. The quantitative estimate of drug-likeness (QED) is 0.0262. The molecule has 0 aliphatic rings. The van der Waals surface area contributed by atoms with Crippen LogP contribution in [-0.4, -0.2) is 37.2 Å². The van der Waals surface area contributed by atoms with Crippen molar-refractivity contribution in [1.82, 2.24) is 0 Å². The molecule has 0 N–H and O–H groups in total. The number of allylic oxidation sites excluding steroid dienone is 18. The summed E-state index contributed by atoms with van der Waals surface area (Å²) in [5.41, 5.74) is 0. The van der Waals surface area contributed by atoms with Crippen LogP contribution in [0.25, 0.3) is 0 Å². The summed E-state index contributed by atoms with van der Waals surface area (Å²) in [6, 6.07) is 0. The SMILES string of the molecule is CC/C=C\C/C=C\C/C=C\C/C=C\C/C=C\C/C=C\C/C=C\C/C=C\C/C=C\CCCCCCCC(=O)OCC(COC(=O)CCCCCCC)OC(=O)CCCCCCCCCCCCCC. The summed E-state index contributed by atoms with van der Waals surface area (Å²) in [7, 11) is 0. The molecule has 68 heavy (non-hydrogen) atoms. The first kappa shape index (κ1) is 64.1. The van der Waals surface area contributed by atoms with E-state index in [4.69, 9.17) is 14.2 Å². The first-order valence-corrected chi connectivity index (χ1v) is 27.9. The Hall–Kier alpha value is -3.93. The van der Waals surface area contributed by atoms with Crippen molar-refractivity contribution in [3.63, 3.8) is 0 Å². The van der Waals surface area contributed by atoms with Crippen molar-refractivity contribution in [2.75, 3.05) is 13.2 Å².